The van der Waals surface area contributed by atoms with E-state index in [1.54, 1.807) is 0 Å². The van der Waals surface area contributed by atoms with Crippen molar-refractivity contribution in [2.45, 2.75) is 53.4 Å². The molecular weight excluding hydrogens is 643 g/mol. The van der Waals surface area contributed by atoms with Crippen LogP contribution in [0.25, 0.3) is 39.6 Å². The smallest absolute Gasteiger partial charge is 0.171 e. The number of aryl methyl sites for hydroxylation is 2. The van der Waals surface area contributed by atoms with Crippen molar-refractivity contribution in [2.24, 2.45) is 0 Å². The normalized spacial score (nSPS) is 11.2. The van der Waals surface area contributed by atoms with Crippen LogP contribution in [0.1, 0.15) is 61.8 Å². The molecular formula is C34H34IrN3-. The Labute approximate surface area is 240 Å². The van der Waals surface area contributed by atoms with Gasteiger partial charge in [-0.25, -0.2) is 0 Å². The predicted molar refractivity (Wildman–Crippen MR) is 154 cm³/mol. The van der Waals surface area contributed by atoms with Gasteiger partial charge in [0.1, 0.15) is 0 Å². The van der Waals surface area contributed by atoms with Crippen molar-refractivity contribution >= 4 is 0 Å². The summed E-state index contributed by atoms with van der Waals surface area (Å²) in [6.45, 7) is 13.3. The summed E-state index contributed by atoms with van der Waals surface area (Å²) in [7, 11) is 0. The van der Waals surface area contributed by atoms with Gasteiger partial charge in [-0.1, -0.05) is 75.2 Å². The largest absolute Gasteiger partial charge is 0.257 e. The molecule has 5 rings (SSSR count). The second-order valence-corrected chi connectivity index (χ2v) is 10.5. The summed E-state index contributed by atoms with van der Waals surface area (Å²) < 4.78 is 2.07. The van der Waals surface area contributed by atoms with Gasteiger partial charge in [0.05, 0.1) is 11.5 Å². The molecule has 0 aliphatic carbocycles. The predicted octanol–water partition coefficient (Wildman–Crippen LogP) is 8.93. The van der Waals surface area contributed by atoms with Gasteiger partial charge in [0.15, 0.2) is 5.82 Å². The van der Waals surface area contributed by atoms with Gasteiger partial charge in [-0.2, -0.15) is 5.10 Å². The van der Waals surface area contributed by atoms with Crippen molar-refractivity contribution in [3.63, 3.8) is 0 Å². The van der Waals surface area contributed by atoms with Gasteiger partial charge in [0.2, 0.25) is 0 Å². The fraction of sp³-hybridized carbons (Fsp3) is 0.235. The molecule has 0 spiro atoms. The van der Waals surface area contributed by atoms with Crippen LogP contribution in [0, 0.1) is 19.9 Å². The molecule has 5 aromatic rings. The van der Waals surface area contributed by atoms with Crippen LogP contribution >= 0.6 is 0 Å². The monoisotopic (exact) mass is 677 g/mol. The molecule has 4 aromatic carbocycles. The Morgan fingerprint density at radius 1 is 0.684 bits per heavy atom. The van der Waals surface area contributed by atoms with Crippen molar-refractivity contribution in [1.29, 1.82) is 0 Å². The maximum absolute atomic E-state index is 5.18. The molecule has 1 aromatic heterocycles. The van der Waals surface area contributed by atoms with Crippen molar-refractivity contribution < 1.29 is 20.1 Å². The van der Waals surface area contributed by atoms with E-state index >= 15 is 0 Å². The summed E-state index contributed by atoms with van der Waals surface area (Å²) in [5.74, 6) is 2.15. The average molecular weight is 677 g/mol. The molecule has 1 radical (unpaired) electrons. The van der Waals surface area contributed by atoms with Crippen LogP contribution in [0.2, 0.25) is 0 Å². The Morgan fingerprint density at radius 3 is 1.84 bits per heavy atom. The molecule has 0 aliphatic rings. The Balaban J connectivity index is 0.00000336. The van der Waals surface area contributed by atoms with E-state index in [2.05, 4.69) is 119 Å². The zero-order valence-corrected chi connectivity index (χ0v) is 25.3. The molecule has 0 atom stereocenters. The van der Waals surface area contributed by atoms with Crippen LogP contribution in [-0.2, 0) is 20.1 Å². The minimum atomic E-state index is 0. The van der Waals surface area contributed by atoms with Crippen LogP contribution in [-0.4, -0.2) is 14.8 Å². The number of benzene rings is 4. The van der Waals surface area contributed by atoms with Crippen LogP contribution in [0.15, 0.2) is 84.9 Å². The van der Waals surface area contributed by atoms with E-state index in [9.17, 15) is 0 Å². The Morgan fingerprint density at radius 2 is 1.29 bits per heavy atom. The molecule has 0 fully saturated rings. The number of nitrogens with zero attached hydrogens (tertiary/aromatic N) is 3. The van der Waals surface area contributed by atoms with E-state index < -0.39 is 0 Å². The summed E-state index contributed by atoms with van der Waals surface area (Å²) in [5.41, 5.74) is 10.5. The van der Waals surface area contributed by atoms with Crippen LogP contribution < -0.4 is 0 Å². The number of rotatable bonds is 6. The summed E-state index contributed by atoms with van der Waals surface area (Å²) in [6, 6.07) is 33.2. The van der Waals surface area contributed by atoms with Crippen molar-refractivity contribution in [3.8, 4) is 39.6 Å². The zero-order valence-electron chi connectivity index (χ0n) is 22.9. The maximum atomic E-state index is 5.18. The fourth-order valence-electron chi connectivity index (χ4n) is 5.00. The Kier molecular flexibility index (Phi) is 8.45. The molecule has 3 nitrogen and oxygen atoms in total. The molecule has 38 heavy (non-hydrogen) atoms. The van der Waals surface area contributed by atoms with Crippen molar-refractivity contribution in [1.82, 2.24) is 14.8 Å². The summed E-state index contributed by atoms with van der Waals surface area (Å²) in [6.07, 6.45) is 0. The zero-order chi connectivity index (χ0) is 26.1. The first-order valence-electron chi connectivity index (χ1n) is 13.1. The molecule has 0 aliphatic heterocycles. The molecule has 1 heterocycles. The summed E-state index contributed by atoms with van der Waals surface area (Å²) >= 11 is 0. The Bertz CT molecular complexity index is 1480. The number of hydrogen-bond donors (Lipinski definition) is 0. The third-order valence-electron chi connectivity index (χ3n) is 6.77. The molecule has 0 amide bonds. The van der Waals surface area contributed by atoms with E-state index in [1.165, 1.54) is 33.4 Å². The van der Waals surface area contributed by atoms with E-state index in [0.29, 0.717) is 11.8 Å². The van der Waals surface area contributed by atoms with E-state index in [1.807, 2.05) is 18.2 Å². The van der Waals surface area contributed by atoms with Crippen molar-refractivity contribution in [2.75, 3.05) is 0 Å². The second kappa shape index (κ2) is 11.6. The third kappa shape index (κ3) is 5.57. The first-order valence-corrected chi connectivity index (χ1v) is 13.1. The van der Waals surface area contributed by atoms with Gasteiger partial charge >= 0.3 is 0 Å². The third-order valence-corrected chi connectivity index (χ3v) is 6.77. The average Bonchev–Trinajstić information content (AvgIpc) is 3.33. The minimum Gasteiger partial charge on any atom is -0.257 e. The first kappa shape index (κ1) is 27.7. The van der Waals surface area contributed by atoms with Gasteiger partial charge in [0, 0.05) is 25.7 Å². The maximum Gasteiger partial charge on any atom is 0.171 e. The SMILES string of the molecule is Cc1cc(C)cc(-c2nc(-c3[c-]cccc3)n(-c3c(C(C)C)cc(-c4ccccc4)cc3C(C)C)n2)c1.[Ir]. The number of aromatic nitrogens is 3. The van der Waals surface area contributed by atoms with E-state index in [-0.39, 0.29) is 20.1 Å². The van der Waals surface area contributed by atoms with Gasteiger partial charge in [0.25, 0.3) is 0 Å². The second-order valence-electron chi connectivity index (χ2n) is 10.5. The van der Waals surface area contributed by atoms with E-state index in [0.717, 1.165) is 28.5 Å². The molecule has 0 bridgehead atoms. The standard InChI is InChI=1S/C34H34N3.Ir/c1-22(2)30-20-28(26-13-9-7-10-14-26)21-31(23(3)4)32(30)37-34(27-15-11-8-12-16-27)35-33(36-37)29-18-24(5)17-25(6)19-29;/h7-15,17-23H,1-6H3;/q-1;. The summed E-state index contributed by atoms with van der Waals surface area (Å²) in [4.78, 5) is 5.11. The molecule has 195 valence electrons. The van der Waals surface area contributed by atoms with Gasteiger partial charge in [-0.15, -0.1) is 35.9 Å². The molecule has 0 saturated carbocycles. The van der Waals surface area contributed by atoms with Gasteiger partial charge < -0.3 is 0 Å². The fourth-order valence-corrected chi connectivity index (χ4v) is 5.00. The molecule has 0 unspecified atom stereocenters. The quantitative estimate of drug-likeness (QED) is 0.168. The van der Waals surface area contributed by atoms with Crippen LogP contribution in [0.3, 0.4) is 0 Å². The van der Waals surface area contributed by atoms with E-state index in [4.69, 9.17) is 10.1 Å². The van der Waals surface area contributed by atoms with Crippen LogP contribution in [0.5, 0.6) is 0 Å². The molecule has 4 heteroatoms. The van der Waals surface area contributed by atoms with Crippen LogP contribution in [0.4, 0.5) is 0 Å². The topological polar surface area (TPSA) is 30.7 Å². The number of hydrogen-bond acceptors (Lipinski definition) is 2. The minimum absolute atomic E-state index is 0. The van der Waals surface area contributed by atoms with Gasteiger partial charge in [-0.05, 0) is 72.2 Å². The first-order chi connectivity index (χ1) is 17.8. The van der Waals surface area contributed by atoms with Gasteiger partial charge in [-0.3, -0.25) is 9.67 Å². The summed E-state index contributed by atoms with van der Waals surface area (Å²) in [5, 5.41) is 5.18. The molecule has 0 saturated heterocycles. The van der Waals surface area contributed by atoms with Crippen molar-refractivity contribution in [3.05, 3.63) is 113 Å². The molecule has 0 N–H and O–H groups in total. The Hall–Kier alpha value is -3.33.